The Balaban J connectivity index is 1.83. The lowest BCUT2D eigenvalue weighted by atomic mass is 10.0. The first-order chi connectivity index (χ1) is 17.5. The highest BCUT2D eigenvalue weighted by atomic mass is 35.5. The van der Waals surface area contributed by atoms with Gasteiger partial charge in [0, 0.05) is 47.2 Å². The Morgan fingerprint density at radius 3 is 2.39 bits per heavy atom. The van der Waals surface area contributed by atoms with E-state index in [0.717, 1.165) is 23.3 Å². The summed E-state index contributed by atoms with van der Waals surface area (Å²) < 4.78 is 14.6. The summed E-state index contributed by atoms with van der Waals surface area (Å²) >= 11 is 7.51. The molecule has 0 fully saturated rings. The maximum atomic E-state index is 14.6. The summed E-state index contributed by atoms with van der Waals surface area (Å²) in [6, 6.07) is 22.7. The number of hydrogen-bond acceptors (Lipinski definition) is 3. The topological polar surface area (TPSA) is 49.4 Å². The van der Waals surface area contributed by atoms with E-state index < -0.39 is 11.9 Å². The number of nitrogens with one attached hydrogen (secondary N) is 1. The van der Waals surface area contributed by atoms with Crippen LogP contribution in [0.25, 0.3) is 0 Å². The molecule has 0 radical (unpaired) electrons. The lowest BCUT2D eigenvalue weighted by molar-refractivity contribution is -0.141. The number of nitrogens with zero attached hydrogens (tertiary/aromatic N) is 1. The molecule has 3 aromatic rings. The van der Waals surface area contributed by atoms with Crippen molar-refractivity contribution < 1.29 is 14.0 Å². The van der Waals surface area contributed by atoms with Crippen molar-refractivity contribution in [1.82, 2.24) is 10.2 Å². The zero-order valence-corrected chi connectivity index (χ0v) is 22.0. The minimum atomic E-state index is -0.753. The first kappa shape index (κ1) is 27.8. The molecular formula is C29H32ClFN2O2S. The fourth-order valence-corrected chi connectivity index (χ4v) is 4.77. The van der Waals surface area contributed by atoms with Gasteiger partial charge in [-0.3, -0.25) is 9.59 Å². The zero-order valence-electron chi connectivity index (χ0n) is 20.5. The number of hydrogen-bond donors (Lipinski definition) is 1. The van der Waals surface area contributed by atoms with Crippen LogP contribution in [0.15, 0.2) is 83.8 Å². The predicted molar refractivity (Wildman–Crippen MR) is 146 cm³/mol. The quantitative estimate of drug-likeness (QED) is 0.204. The van der Waals surface area contributed by atoms with Crippen molar-refractivity contribution in [3.63, 3.8) is 0 Å². The summed E-state index contributed by atoms with van der Waals surface area (Å²) in [5, 5.41) is 3.64. The third-order valence-corrected chi connectivity index (χ3v) is 7.06. The SMILES string of the molecule is CCCCNC(=O)[C@@H](Cc1ccccc1)N(Cc1ccccc1F)C(=O)CCSc1ccc(Cl)cc1. The number of carbonyl (C=O) groups excluding carboxylic acids is 2. The van der Waals surface area contributed by atoms with E-state index in [1.165, 1.54) is 11.0 Å². The first-order valence-electron chi connectivity index (χ1n) is 12.2. The van der Waals surface area contributed by atoms with Crippen molar-refractivity contribution in [2.45, 2.75) is 50.1 Å². The van der Waals surface area contributed by atoms with E-state index in [4.69, 9.17) is 11.6 Å². The van der Waals surface area contributed by atoms with Crippen LogP contribution in [0.2, 0.25) is 5.02 Å². The van der Waals surface area contributed by atoms with Gasteiger partial charge in [0.25, 0.3) is 0 Å². The van der Waals surface area contributed by atoms with Gasteiger partial charge in [0.05, 0.1) is 0 Å². The van der Waals surface area contributed by atoms with Crippen LogP contribution in [-0.4, -0.2) is 35.1 Å². The van der Waals surface area contributed by atoms with Gasteiger partial charge in [0.2, 0.25) is 11.8 Å². The monoisotopic (exact) mass is 526 g/mol. The van der Waals surface area contributed by atoms with Crippen LogP contribution in [0.3, 0.4) is 0 Å². The molecule has 0 unspecified atom stereocenters. The minimum absolute atomic E-state index is 0.0236. The van der Waals surface area contributed by atoms with Gasteiger partial charge in [0.1, 0.15) is 11.9 Å². The summed E-state index contributed by atoms with van der Waals surface area (Å²) in [7, 11) is 0. The second kappa shape index (κ2) is 14.7. The van der Waals surface area contributed by atoms with Gasteiger partial charge in [-0.2, -0.15) is 0 Å². The van der Waals surface area contributed by atoms with Crippen LogP contribution in [0, 0.1) is 5.82 Å². The predicted octanol–water partition coefficient (Wildman–Crippen LogP) is 6.52. The molecule has 3 rings (SSSR count). The van der Waals surface area contributed by atoms with Crippen molar-refractivity contribution in [2.24, 2.45) is 0 Å². The molecular weight excluding hydrogens is 495 g/mol. The maximum Gasteiger partial charge on any atom is 0.243 e. The molecule has 0 spiro atoms. The standard InChI is InChI=1S/C29H32ClFN2O2S/c1-2-3-18-32-29(35)27(20-22-9-5-4-6-10-22)33(21-23-11-7-8-12-26(23)31)28(34)17-19-36-25-15-13-24(30)14-16-25/h4-16,27H,2-3,17-21H2,1H3,(H,32,35)/t27-/m1/s1. The molecule has 190 valence electrons. The van der Waals surface area contributed by atoms with Crippen molar-refractivity contribution >= 4 is 35.2 Å². The summed E-state index contributed by atoms with van der Waals surface area (Å²) in [4.78, 5) is 29.5. The third kappa shape index (κ3) is 8.68. The Labute approximate surface area is 222 Å². The number of carbonyl (C=O) groups is 2. The maximum absolute atomic E-state index is 14.6. The van der Waals surface area contributed by atoms with Crippen LogP contribution < -0.4 is 5.32 Å². The lowest BCUT2D eigenvalue weighted by Crippen LogP contribution is -2.50. The van der Waals surface area contributed by atoms with Gasteiger partial charge >= 0.3 is 0 Å². The van der Waals surface area contributed by atoms with Crippen LogP contribution >= 0.6 is 23.4 Å². The third-order valence-electron chi connectivity index (χ3n) is 5.80. The summed E-state index contributed by atoms with van der Waals surface area (Å²) in [6.45, 7) is 2.62. The number of rotatable bonds is 13. The second-order valence-corrected chi connectivity index (χ2v) is 10.1. The highest BCUT2D eigenvalue weighted by molar-refractivity contribution is 7.99. The molecule has 36 heavy (non-hydrogen) atoms. The van der Waals surface area contributed by atoms with E-state index in [2.05, 4.69) is 12.2 Å². The van der Waals surface area contributed by atoms with Crippen LogP contribution in [0.1, 0.15) is 37.3 Å². The first-order valence-corrected chi connectivity index (χ1v) is 13.6. The van der Waals surface area contributed by atoms with E-state index in [9.17, 15) is 14.0 Å². The van der Waals surface area contributed by atoms with Crippen molar-refractivity contribution in [3.05, 3.63) is 101 Å². The Bertz CT molecular complexity index is 1110. The van der Waals surface area contributed by atoms with E-state index in [-0.39, 0.29) is 24.8 Å². The number of halogens is 2. The smallest absolute Gasteiger partial charge is 0.243 e. The molecule has 0 aromatic heterocycles. The van der Waals surface area contributed by atoms with Gasteiger partial charge in [-0.25, -0.2) is 4.39 Å². The lowest BCUT2D eigenvalue weighted by Gasteiger charge is -2.31. The molecule has 3 aromatic carbocycles. The Morgan fingerprint density at radius 2 is 1.69 bits per heavy atom. The molecule has 2 amide bonds. The Kier molecular flexibility index (Phi) is 11.3. The molecule has 7 heteroatoms. The number of amides is 2. The normalized spacial score (nSPS) is 11.6. The van der Waals surface area contributed by atoms with Crippen LogP contribution in [-0.2, 0) is 22.6 Å². The van der Waals surface area contributed by atoms with Crippen molar-refractivity contribution in [1.29, 1.82) is 0 Å². The molecule has 0 heterocycles. The average Bonchev–Trinajstić information content (AvgIpc) is 2.89. The summed E-state index contributed by atoms with van der Waals surface area (Å²) in [5.74, 6) is -0.270. The van der Waals surface area contributed by atoms with Crippen LogP contribution in [0.5, 0.6) is 0 Å². The van der Waals surface area contributed by atoms with E-state index in [0.29, 0.717) is 29.3 Å². The highest BCUT2D eigenvalue weighted by Crippen LogP contribution is 2.23. The highest BCUT2D eigenvalue weighted by Gasteiger charge is 2.30. The van der Waals surface area contributed by atoms with Gasteiger partial charge in [-0.1, -0.05) is 73.5 Å². The van der Waals surface area contributed by atoms with Crippen LogP contribution in [0.4, 0.5) is 4.39 Å². The molecule has 4 nitrogen and oxygen atoms in total. The van der Waals surface area contributed by atoms with Crippen molar-refractivity contribution in [2.75, 3.05) is 12.3 Å². The Morgan fingerprint density at radius 1 is 1.00 bits per heavy atom. The van der Waals surface area contributed by atoms with E-state index in [1.807, 2.05) is 54.6 Å². The summed E-state index contributed by atoms with van der Waals surface area (Å²) in [5.41, 5.74) is 1.32. The van der Waals surface area contributed by atoms with Gasteiger partial charge in [0.15, 0.2) is 0 Å². The van der Waals surface area contributed by atoms with Gasteiger partial charge in [-0.05, 0) is 42.3 Å². The molecule has 0 aliphatic heterocycles. The molecule has 0 saturated carbocycles. The number of unbranched alkanes of at least 4 members (excludes halogenated alkanes) is 1. The zero-order chi connectivity index (χ0) is 25.8. The number of thioether (sulfide) groups is 1. The average molecular weight is 527 g/mol. The molecule has 0 aliphatic carbocycles. The largest absolute Gasteiger partial charge is 0.354 e. The summed E-state index contributed by atoms with van der Waals surface area (Å²) in [6.07, 6.45) is 2.37. The number of benzene rings is 3. The van der Waals surface area contributed by atoms with Gasteiger partial charge in [-0.15, -0.1) is 11.8 Å². The second-order valence-electron chi connectivity index (χ2n) is 8.52. The molecule has 0 aliphatic rings. The molecule has 0 bridgehead atoms. The van der Waals surface area contributed by atoms with Crippen molar-refractivity contribution in [3.8, 4) is 0 Å². The molecule has 0 saturated heterocycles. The molecule has 1 N–H and O–H groups in total. The fraction of sp³-hybridized carbons (Fsp3) is 0.310. The fourth-order valence-electron chi connectivity index (χ4n) is 3.80. The minimum Gasteiger partial charge on any atom is -0.354 e. The molecule has 1 atom stereocenters. The van der Waals surface area contributed by atoms with Gasteiger partial charge < -0.3 is 10.2 Å². The van der Waals surface area contributed by atoms with E-state index >= 15 is 0 Å². The van der Waals surface area contributed by atoms with E-state index in [1.54, 1.807) is 30.0 Å². The Hall–Kier alpha value is -2.83.